The van der Waals surface area contributed by atoms with E-state index in [0.717, 1.165) is 15.9 Å². The van der Waals surface area contributed by atoms with Crippen molar-refractivity contribution in [2.24, 2.45) is 0 Å². The van der Waals surface area contributed by atoms with Crippen molar-refractivity contribution in [1.29, 1.82) is 0 Å². The maximum atomic E-state index is 13.5. The molecule has 7 heteroatoms. The van der Waals surface area contributed by atoms with Crippen LogP contribution >= 0.6 is 53.7 Å². The molecule has 170 valence electrons. The van der Waals surface area contributed by atoms with Gasteiger partial charge in [-0.2, -0.15) is 0 Å². The fourth-order valence-corrected chi connectivity index (χ4v) is 9.29. The lowest BCUT2D eigenvalue weighted by Gasteiger charge is -2.29. The normalized spacial score (nSPS) is 11.1. The molecule has 4 aromatic rings. The Labute approximate surface area is 219 Å². The van der Waals surface area contributed by atoms with Crippen molar-refractivity contribution < 1.29 is 4.79 Å². The van der Waals surface area contributed by atoms with Crippen LogP contribution in [-0.4, -0.2) is 5.91 Å². The summed E-state index contributed by atoms with van der Waals surface area (Å²) in [5, 5.41) is 6.67. The Bertz CT molecular complexity index is 1230. The molecule has 0 unspecified atom stereocenters. The summed E-state index contributed by atoms with van der Waals surface area (Å²) in [5.74, 6) is -0.428. The zero-order valence-corrected chi connectivity index (χ0v) is 21.7. The predicted molar refractivity (Wildman–Crippen MR) is 148 cm³/mol. The molecule has 2 nitrogen and oxygen atoms in total. The van der Waals surface area contributed by atoms with Crippen molar-refractivity contribution in [1.82, 2.24) is 5.32 Å². The lowest BCUT2D eigenvalue weighted by molar-refractivity contribution is 0.0968. The minimum atomic E-state index is -2.70. The van der Waals surface area contributed by atoms with E-state index in [9.17, 15) is 4.79 Å². The molecule has 1 amide bonds. The monoisotopic (exact) mass is 544 g/mol. The maximum absolute atomic E-state index is 13.5. The molecule has 0 aliphatic rings. The second kappa shape index (κ2) is 11.0. The van der Waals surface area contributed by atoms with Gasteiger partial charge in [-0.3, -0.25) is 10.1 Å². The van der Waals surface area contributed by atoms with Gasteiger partial charge in [0.2, 0.25) is 5.44 Å². The maximum Gasteiger partial charge on any atom is 0.259 e. The number of benzene rings is 4. The van der Waals surface area contributed by atoms with Crippen LogP contribution in [0.5, 0.6) is 0 Å². The van der Waals surface area contributed by atoms with E-state index in [1.54, 1.807) is 12.1 Å². The van der Waals surface area contributed by atoms with E-state index in [2.05, 4.69) is 5.32 Å². The van der Waals surface area contributed by atoms with Gasteiger partial charge in [0.1, 0.15) is 15.9 Å². The molecular formula is C27H19Cl4NOP+. The number of hydrogen-bond donors (Lipinski definition) is 1. The second-order valence-corrected chi connectivity index (χ2v) is 12.5. The number of carbonyl (C=O) groups is 1. The summed E-state index contributed by atoms with van der Waals surface area (Å²) in [7, 11) is -2.70. The number of carbonyl (C=O) groups excluding carboxylic acids is 1. The smallest absolute Gasteiger partial charge is 0.259 e. The summed E-state index contributed by atoms with van der Waals surface area (Å²) in [6.07, 6.45) is 0. The van der Waals surface area contributed by atoms with Gasteiger partial charge in [-0.25, -0.2) is 0 Å². The van der Waals surface area contributed by atoms with Gasteiger partial charge in [-0.1, -0.05) is 101 Å². The molecule has 0 heterocycles. The summed E-state index contributed by atoms with van der Waals surface area (Å²) in [6.45, 7) is 0. The average Bonchev–Trinajstić information content (AvgIpc) is 2.85. The lowest BCUT2D eigenvalue weighted by Crippen LogP contribution is -2.38. The molecule has 0 aliphatic heterocycles. The molecule has 0 aromatic heterocycles. The molecule has 4 aromatic carbocycles. The summed E-state index contributed by atoms with van der Waals surface area (Å²) >= 11 is 25.5. The molecule has 34 heavy (non-hydrogen) atoms. The highest BCUT2D eigenvalue weighted by atomic mass is 35.5. The van der Waals surface area contributed by atoms with Crippen molar-refractivity contribution in [2.75, 3.05) is 0 Å². The number of hydrogen-bond acceptors (Lipinski definition) is 1. The van der Waals surface area contributed by atoms with Gasteiger partial charge < -0.3 is 0 Å². The number of amides is 1. The summed E-state index contributed by atoms with van der Waals surface area (Å²) in [6, 6.07) is 34.6. The average molecular weight is 546 g/mol. The Hall–Kier alpha value is -2.32. The Morgan fingerprint density at radius 1 is 0.647 bits per heavy atom. The first-order valence-corrected chi connectivity index (χ1v) is 13.6. The van der Waals surface area contributed by atoms with Gasteiger partial charge in [0.25, 0.3) is 5.91 Å². The fraction of sp³-hybridized carbons (Fsp3) is 0. The Kier molecular flexibility index (Phi) is 7.99. The van der Waals surface area contributed by atoms with Gasteiger partial charge in [0.15, 0.2) is 11.8 Å². The van der Waals surface area contributed by atoms with Crippen molar-refractivity contribution in [3.05, 3.63) is 135 Å². The van der Waals surface area contributed by atoms with Gasteiger partial charge in [0.05, 0.1) is 10.6 Å². The molecule has 0 aliphatic carbocycles. The van der Waals surface area contributed by atoms with E-state index in [4.69, 9.17) is 46.4 Å². The number of nitrogens with one attached hydrogen (secondary N) is 1. The van der Waals surface area contributed by atoms with Crippen molar-refractivity contribution in [3.8, 4) is 0 Å². The van der Waals surface area contributed by atoms with Crippen molar-refractivity contribution in [2.45, 2.75) is 0 Å². The molecule has 0 bridgehead atoms. The van der Waals surface area contributed by atoms with Gasteiger partial charge >= 0.3 is 0 Å². The third-order valence-corrected chi connectivity index (χ3v) is 10.8. The summed E-state index contributed by atoms with van der Waals surface area (Å²) < 4.78 is -0.0247. The van der Waals surface area contributed by atoms with Crippen LogP contribution in [0.15, 0.2) is 119 Å². The molecular weight excluding hydrogens is 527 g/mol. The number of halogens is 4. The van der Waals surface area contributed by atoms with E-state index in [-0.39, 0.29) is 15.1 Å². The first kappa shape index (κ1) is 24.8. The Balaban J connectivity index is 2.00. The molecule has 1 N–H and O–H groups in total. The molecule has 0 atom stereocenters. The SMILES string of the molecule is O=C(NC(=C(Cl)Cl)[P+](c1ccccc1)(c1ccccc1)c1ccccc1)c1ccc(Cl)cc1Cl. The van der Waals surface area contributed by atoms with Crippen LogP contribution in [0.3, 0.4) is 0 Å². The van der Waals surface area contributed by atoms with E-state index < -0.39 is 13.2 Å². The Morgan fingerprint density at radius 2 is 1.09 bits per heavy atom. The van der Waals surface area contributed by atoms with Gasteiger partial charge in [-0.15, -0.1) is 0 Å². The summed E-state index contributed by atoms with van der Waals surface area (Å²) in [5.41, 5.74) is 0.695. The number of rotatable bonds is 6. The van der Waals surface area contributed by atoms with Crippen LogP contribution in [0.4, 0.5) is 0 Å². The van der Waals surface area contributed by atoms with Crippen LogP contribution in [0.25, 0.3) is 0 Å². The van der Waals surface area contributed by atoms with Crippen molar-refractivity contribution >= 4 is 75.5 Å². The van der Waals surface area contributed by atoms with Gasteiger partial charge in [0, 0.05) is 5.02 Å². The second-order valence-electron chi connectivity index (χ2n) is 7.36. The quantitative estimate of drug-likeness (QED) is 0.253. The molecule has 0 saturated heterocycles. The standard InChI is InChI=1S/C27H18Cl4NOP/c28-19-16-17-23(24(29)18-19)26(33)32-27(25(30)31)34(20-10-4-1-5-11-20,21-12-6-2-7-13-21)22-14-8-3-9-15-22/h1-18H/p+1. The van der Waals surface area contributed by atoms with Crippen LogP contribution in [0, 0.1) is 0 Å². The van der Waals surface area contributed by atoms with Crippen LogP contribution in [0.1, 0.15) is 10.4 Å². The molecule has 0 fully saturated rings. The van der Waals surface area contributed by atoms with Crippen LogP contribution in [-0.2, 0) is 0 Å². The largest absolute Gasteiger partial charge is 0.290 e. The molecule has 0 spiro atoms. The first-order chi connectivity index (χ1) is 16.4. The van der Waals surface area contributed by atoms with E-state index in [1.807, 2.05) is 91.0 Å². The summed E-state index contributed by atoms with van der Waals surface area (Å²) in [4.78, 5) is 13.5. The lowest BCUT2D eigenvalue weighted by atomic mass is 10.2. The van der Waals surface area contributed by atoms with E-state index in [0.29, 0.717) is 10.5 Å². The zero-order valence-electron chi connectivity index (χ0n) is 17.8. The third-order valence-electron chi connectivity index (χ3n) is 5.35. The Morgan fingerprint density at radius 3 is 1.47 bits per heavy atom. The molecule has 0 saturated carbocycles. The highest BCUT2D eigenvalue weighted by Crippen LogP contribution is 2.63. The zero-order chi connectivity index (χ0) is 24.1. The molecule has 0 radical (unpaired) electrons. The minimum Gasteiger partial charge on any atom is -0.290 e. The topological polar surface area (TPSA) is 29.1 Å². The minimum absolute atomic E-state index is 0.0247. The highest BCUT2D eigenvalue weighted by molar-refractivity contribution is 7.99. The fourth-order valence-electron chi connectivity index (χ4n) is 3.90. The van der Waals surface area contributed by atoms with Crippen LogP contribution < -0.4 is 21.2 Å². The van der Waals surface area contributed by atoms with Crippen LogP contribution in [0.2, 0.25) is 10.0 Å². The first-order valence-electron chi connectivity index (χ1n) is 10.3. The third kappa shape index (κ3) is 4.89. The van der Waals surface area contributed by atoms with E-state index >= 15 is 0 Å². The predicted octanol–water partition coefficient (Wildman–Crippen LogP) is 7.32. The van der Waals surface area contributed by atoms with Gasteiger partial charge in [-0.05, 0) is 54.6 Å². The highest BCUT2D eigenvalue weighted by Gasteiger charge is 2.52. The van der Waals surface area contributed by atoms with Crippen molar-refractivity contribution in [3.63, 3.8) is 0 Å². The van der Waals surface area contributed by atoms with E-state index in [1.165, 1.54) is 6.07 Å². The molecule has 4 rings (SSSR count).